The van der Waals surface area contributed by atoms with E-state index in [0.717, 1.165) is 12.2 Å². The molecule has 0 aliphatic carbocycles. The molecule has 0 rings (SSSR count). The van der Waals surface area contributed by atoms with Gasteiger partial charge in [-0.15, -0.1) is 0 Å². The van der Waals surface area contributed by atoms with Crippen LogP contribution >= 0.6 is 0 Å². The van der Waals surface area contributed by atoms with Crippen molar-refractivity contribution in [3.05, 3.63) is 24.5 Å². The highest BCUT2D eigenvalue weighted by Gasteiger charge is 1.88. The Morgan fingerprint density at radius 1 is 1.44 bits per heavy atom. The third kappa shape index (κ3) is 4.47. The third-order valence-corrected chi connectivity index (χ3v) is 0.556. The molecule has 1 N–H and O–H groups in total. The summed E-state index contributed by atoms with van der Waals surface area (Å²) in [5.74, 6) is -0.935. The number of carbonyl (C=O) groups is 2. The van der Waals surface area contributed by atoms with Gasteiger partial charge in [-0.25, -0.2) is 0 Å². The second-order valence-electron chi connectivity index (χ2n) is 1.34. The largest absolute Gasteiger partial charge is 0.509 e. The van der Waals surface area contributed by atoms with Crippen LogP contribution in [0, 0.1) is 0 Å². The number of carbonyl (C=O) groups excluding carboxylic acids is 2. The maximum atomic E-state index is 10.1. The fourth-order valence-corrected chi connectivity index (χ4v) is 0.218. The van der Waals surface area contributed by atoms with Crippen LogP contribution in [-0.2, 0) is 9.59 Å². The first kappa shape index (κ1) is 7.62. The van der Waals surface area contributed by atoms with Crippen molar-refractivity contribution >= 4 is 12.1 Å². The molecule has 0 bridgehead atoms. The zero-order valence-corrected chi connectivity index (χ0v) is 4.70. The van der Waals surface area contributed by atoms with Crippen molar-refractivity contribution in [1.82, 2.24) is 0 Å². The molecule has 0 radical (unpaired) electrons. The van der Waals surface area contributed by atoms with E-state index in [-0.39, 0.29) is 12.0 Å². The molecule has 0 aliphatic rings. The number of aldehydes is 1. The minimum Gasteiger partial charge on any atom is -0.509 e. The zero-order chi connectivity index (χ0) is 7.28. The minimum atomic E-state index is -0.690. The van der Waals surface area contributed by atoms with Gasteiger partial charge in [0.2, 0.25) is 5.78 Å². The van der Waals surface area contributed by atoms with Gasteiger partial charge in [-0.3, -0.25) is 9.59 Å². The molecule has 0 aromatic heterocycles. The van der Waals surface area contributed by atoms with Gasteiger partial charge in [-0.2, -0.15) is 0 Å². The topological polar surface area (TPSA) is 54.4 Å². The van der Waals surface area contributed by atoms with Crippen molar-refractivity contribution in [2.45, 2.75) is 0 Å². The molecule has 9 heavy (non-hydrogen) atoms. The van der Waals surface area contributed by atoms with Gasteiger partial charge in [-0.1, -0.05) is 6.58 Å². The van der Waals surface area contributed by atoms with E-state index in [9.17, 15) is 9.59 Å². The van der Waals surface area contributed by atoms with Crippen LogP contribution in [0.3, 0.4) is 0 Å². The number of ketones is 1. The standard InChI is InChI=1S/C6H6O3/c1-5(8)2-3-6(9)4-7/h2-4,8H,1H2/b3-2+. The highest BCUT2D eigenvalue weighted by atomic mass is 16.3. The Kier molecular flexibility index (Phi) is 3.05. The van der Waals surface area contributed by atoms with Gasteiger partial charge in [0.05, 0.1) is 0 Å². The molecule has 0 saturated carbocycles. The Labute approximate surface area is 52.3 Å². The molecule has 48 valence electrons. The second-order valence-corrected chi connectivity index (χ2v) is 1.34. The van der Waals surface area contributed by atoms with E-state index >= 15 is 0 Å². The van der Waals surface area contributed by atoms with E-state index in [2.05, 4.69) is 6.58 Å². The van der Waals surface area contributed by atoms with Crippen molar-refractivity contribution in [2.24, 2.45) is 0 Å². The first-order valence-electron chi connectivity index (χ1n) is 2.22. The van der Waals surface area contributed by atoms with Crippen LogP contribution in [0.2, 0.25) is 0 Å². The van der Waals surface area contributed by atoms with E-state index in [1.165, 1.54) is 0 Å². The summed E-state index contributed by atoms with van der Waals surface area (Å²) in [7, 11) is 0. The molecule has 0 atom stereocenters. The first-order chi connectivity index (χ1) is 4.16. The fourth-order valence-electron chi connectivity index (χ4n) is 0.218. The summed E-state index contributed by atoms with van der Waals surface area (Å²) in [5.41, 5.74) is 0. The fraction of sp³-hybridized carbons (Fsp3) is 0. The molecule has 0 aromatic rings. The third-order valence-electron chi connectivity index (χ3n) is 0.556. The lowest BCUT2D eigenvalue weighted by atomic mass is 10.3. The molecule has 3 nitrogen and oxygen atoms in total. The number of rotatable bonds is 3. The summed E-state index contributed by atoms with van der Waals surface area (Å²) in [4.78, 5) is 19.7. The van der Waals surface area contributed by atoms with E-state index in [4.69, 9.17) is 5.11 Å². The summed E-state index contributed by atoms with van der Waals surface area (Å²) in [5, 5.41) is 8.35. The van der Waals surface area contributed by atoms with Gasteiger partial charge < -0.3 is 5.11 Å². The van der Waals surface area contributed by atoms with Crippen LogP contribution in [0.1, 0.15) is 0 Å². The Hall–Kier alpha value is -1.38. The lowest BCUT2D eigenvalue weighted by molar-refractivity contribution is -0.126. The summed E-state index contributed by atoms with van der Waals surface area (Å²) in [6.45, 7) is 3.06. The van der Waals surface area contributed by atoms with Crippen LogP contribution in [0.15, 0.2) is 24.5 Å². The van der Waals surface area contributed by atoms with Gasteiger partial charge in [0.15, 0.2) is 6.29 Å². The second kappa shape index (κ2) is 3.60. The zero-order valence-electron chi connectivity index (χ0n) is 4.70. The smallest absolute Gasteiger partial charge is 0.218 e. The summed E-state index contributed by atoms with van der Waals surface area (Å²) in [6, 6.07) is 0. The van der Waals surface area contributed by atoms with Crippen LogP contribution in [-0.4, -0.2) is 17.2 Å². The average molecular weight is 126 g/mol. The number of hydrogen-bond donors (Lipinski definition) is 1. The van der Waals surface area contributed by atoms with Crippen molar-refractivity contribution in [1.29, 1.82) is 0 Å². The van der Waals surface area contributed by atoms with E-state index in [0.29, 0.717) is 0 Å². The number of aliphatic hydroxyl groups excluding tert-OH is 1. The predicted molar refractivity (Wildman–Crippen MR) is 32.0 cm³/mol. The molecule has 0 heterocycles. The van der Waals surface area contributed by atoms with Crippen LogP contribution in [0.5, 0.6) is 0 Å². The highest BCUT2D eigenvalue weighted by molar-refractivity contribution is 6.30. The molecule has 0 saturated heterocycles. The van der Waals surface area contributed by atoms with Crippen molar-refractivity contribution < 1.29 is 14.7 Å². The van der Waals surface area contributed by atoms with Crippen LogP contribution in [0.4, 0.5) is 0 Å². The molecule has 0 fully saturated rings. The SMILES string of the molecule is C=C(O)/C=C/C(=O)C=O. The van der Waals surface area contributed by atoms with Gasteiger partial charge in [0.1, 0.15) is 5.76 Å². The lowest BCUT2D eigenvalue weighted by Crippen LogP contribution is -1.91. The lowest BCUT2D eigenvalue weighted by Gasteiger charge is -1.79. The Bertz CT molecular complexity index is 167. The number of aliphatic hydroxyl groups is 1. The summed E-state index contributed by atoms with van der Waals surface area (Å²) in [6.07, 6.45) is 2.14. The average Bonchev–Trinajstić information content (AvgIpc) is 1.83. The predicted octanol–water partition coefficient (Wildman–Crippen LogP) is 0.382. The minimum absolute atomic E-state index is 0.152. The van der Waals surface area contributed by atoms with E-state index in [1.54, 1.807) is 0 Å². The summed E-state index contributed by atoms with van der Waals surface area (Å²) >= 11 is 0. The van der Waals surface area contributed by atoms with Crippen molar-refractivity contribution in [2.75, 3.05) is 0 Å². The maximum Gasteiger partial charge on any atom is 0.218 e. The van der Waals surface area contributed by atoms with Gasteiger partial charge in [0, 0.05) is 0 Å². The Balaban J connectivity index is 3.85. The van der Waals surface area contributed by atoms with Gasteiger partial charge in [-0.05, 0) is 12.2 Å². The normalized spacial score (nSPS) is 9.33. The van der Waals surface area contributed by atoms with Gasteiger partial charge in [0.25, 0.3) is 0 Å². The highest BCUT2D eigenvalue weighted by Crippen LogP contribution is 1.83. The van der Waals surface area contributed by atoms with E-state index < -0.39 is 5.78 Å². The molecule has 0 amide bonds. The monoisotopic (exact) mass is 126 g/mol. The number of allylic oxidation sites excluding steroid dienone is 2. The molecular formula is C6H6O3. The maximum absolute atomic E-state index is 10.1. The molecule has 0 aliphatic heterocycles. The molecule has 3 heteroatoms. The molecule has 0 aromatic carbocycles. The number of hydrogen-bond acceptors (Lipinski definition) is 3. The van der Waals surface area contributed by atoms with Crippen molar-refractivity contribution in [3.8, 4) is 0 Å². The van der Waals surface area contributed by atoms with Crippen LogP contribution < -0.4 is 0 Å². The molecule has 0 spiro atoms. The van der Waals surface area contributed by atoms with Crippen LogP contribution in [0.25, 0.3) is 0 Å². The first-order valence-corrected chi connectivity index (χ1v) is 2.22. The van der Waals surface area contributed by atoms with Gasteiger partial charge >= 0.3 is 0 Å². The van der Waals surface area contributed by atoms with E-state index in [1.807, 2.05) is 0 Å². The summed E-state index contributed by atoms with van der Waals surface area (Å²) < 4.78 is 0. The van der Waals surface area contributed by atoms with Crippen molar-refractivity contribution in [3.63, 3.8) is 0 Å². The Morgan fingerprint density at radius 2 is 2.00 bits per heavy atom. The quantitative estimate of drug-likeness (QED) is 0.195. The molecule has 0 unspecified atom stereocenters. The Morgan fingerprint density at radius 3 is 2.33 bits per heavy atom. The molecular weight excluding hydrogens is 120 g/mol.